The summed E-state index contributed by atoms with van der Waals surface area (Å²) in [6, 6.07) is 10.9. The predicted molar refractivity (Wildman–Crippen MR) is 130 cm³/mol. The van der Waals surface area contributed by atoms with Crippen molar-refractivity contribution in [2.45, 2.75) is 62.4 Å². The minimum Gasteiger partial charge on any atom is -0.348 e. The number of benzene rings is 1. The molecule has 2 aromatic heterocycles. The number of carbonyl (C=O) groups is 1. The third-order valence-corrected chi connectivity index (χ3v) is 8.23. The van der Waals surface area contributed by atoms with Crippen LogP contribution in [0.3, 0.4) is 0 Å². The van der Waals surface area contributed by atoms with Crippen molar-refractivity contribution in [3.8, 4) is 0 Å². The zero-order chi connectivity index (χ0) is 23.4. The van der Waals surface area contributed by atoms with Gasteiger partial charge in [-0.1, -0.05) is 32.1 Å². The van der Waals surface area contributed by atoms with Crippen molar-refractivity contribution in [2.24, 2.45) is 0 Å². The Balaban J connectivity index is 1.72. The highest BCUT2D eigenvalue weighted by Crippen LogP contribution is 2.26. The van der Waals surface area contributed by atoms with Crippen LogP contribution in [0.2, 0.25) is 0 Å². The van der Waals surface area contributed by atoms with Crippen LogP contribution in [-0.4, -0.2) is 48.3 Å². The molecule has 2 heterocycles. The number of sulfonamides is 1. The molecule has 1 aliphatic carbocycles. The van der Waals surface area contributed by atoms with E-state index < -0.39 is 10.0 Å². The van der Waals surface area contributed by atoms with Crippen molar-refractivity contribution in [1.82, 2.24) is 19.2 Å². The molecular weight excluding hydrogens is 436 g/mol. The second-order valence-corrected chi connectivity index (χ2v) is 11.1. The third kappa shape index (κ3) is 5.28. The van der Waals surface area contributed by atoms with E-state index in [9.17, 15) is 13.2 Å². The van der Waals surface area contributed by atoms with Crippen LogP contribution in [0.4, 0.5) is 0 Å². The lowest BCUT2D eigenvalue weighted by molar-refractivity contribution is 0.0922. The lowest BCUT2D eigenvalue weighted by Crippen LogP contribution is -2.36. The first kappa shape index (κ1) is 23.4. The van der Waals surface area contributed by atoms with Gasteiger partial charge < -0.3 is 9.88 Å². The van der Waals surface area contributed by atoms with Gasteiger partial charge in [0.15, 0.2) is 0 Å². The number of fused-ring (bicyclic) bond motifs is 1. The van der Waals surface area contributed by atoms with Crippen LogP contribution in [0.25, 0.3) is 10.9 Å². The summed E-state index contributed by atoms with van der Waals surface area (Å²) in [5.74, 6) is -0.108. The maximum Gasteiger partial charge on any atom is 0.268 e. The van der Waals surface area contributed by atoms with E-state index in [1.54, 1.807) is 30.6 Å². The van der Waals surface area contributed by atoms with Crippen LogP contribution in [0.1, 0.15) is 61.0 Å². The summed E-state index contributed by atoms with van der Waals surface area (Å²) < 4.78 is 28.5. The van der Waals surface area contributed by atoms with E-state index in [4.69, 9.17) is 0 Å². The number of hydrogen-bond acceptors (Lipinski definition) is 4. The Kier molecular flexibility index (Phi) is 7.14. The lowest BCUT2D eigenvalue weighted by atomic mass is 9.96. The van der Waals surface area contributed by atoms with E-state index in [1.165, 1.54) is 37.7 Å². The molecule has 0 saturated heterocycles. The number of hydrogen-bond donors (Lipinski definition) is 1. The lowest BCUT2D eigenvalue weighted by Gasteiger charge is -2.21. The molecule has 0 spiro atoms. The van der Waals surface area contributed by atoms with Crippen molar-refractivity contribution >= 4 is 26.8 Å². The molecule has 7 nitrogen and oxygen atoms in total. The number of carbonyl (C=O) groups excluding carboxylic acids is 1. The Labute approximate surface area is 195 Å². The molecule has 4 rings (SSSR count). The summed E-state index contributed by atoms with van der Waals surface area (Å²) in [4.78, 5) is 17.7. The molecule has 0 bridgehead atoms. The standard InChI is InChI=1S/C25H32N4O3S/c1-28(2)33(31,32)22-10-11-23-20(16-22)17-24(29(23)18-19-12-14-26-15-13-19)25(30)27-21-8-6-4-3-5-7-9-21/h10-17,21H,3-9,18H2,1-2H3,(H,27,30). The van der Waals surface area contributed by atoms with Crippen molar-refractivity contribution in [3.05, 3.63) is 60.0 Å². The molecule has 1 aliphatic rings. The monoisotopic (exact) mass is 468 g/mol. The summed E-state index contributed by atoms with van der Waals surface area (Å²) in [6.07, 6.45) is 11.5. The quantitative estimate of drug-likeness (QED) is 0.588. The molecule has 1 amide bonds. The molecule has 33 heavy (non-hydrogen) atoms. The Bertz CT molecular complexity index is 1210. The molecule has 1 fully saturated rings. The first-order valence-corrected chi connectivity index (χ1v) is 13.1. The first-order chi connectivity index (χ1) is 15.9. The van der Waals surface area contributed by atoms with Crippen LogP contribution in [-0.2, 0) is 16.6 Å². The molecule has 0 unspecified atom stereocenters. The highest BCUT2D eigenvalue weighted by molar-refractivity contribution is 7.89. The number of rotatable bonds is 6. The zero-order valence-corrected chi connectivity index (χ0v) is 20.1. The van der Waals surface area contributed by atoms with Gasteiger partial charge in [0.25, 0.3) is 5.91 Å². The van der Waals surface area contributed by atoms with Crippen LogP contribution in [0, 0.1) is 0 Å². The third-order valence-electron chi connectivity index (χ3n) is 6.41. The van der Waals surface area contributed by atoms with Crippen LogP contribution in [0.5, 0.6) is 0 Å². The van der Waals surface area contributed by atoms with Crippen LogP contribution >= 0.6 is 0 Å². The van der Waals surface area contributed by atoms with Crippen molar-refractivity contribution in [3.63, 3.8) is 0 Å². The number of aromatic nitrogens is 2. The van der Waals surface area contributed by atoms with Gasteiger partial charge in [-0.3, -0.25) is 9.78 Å². The summed E-state index contributed by atoms with van der Waals surface area (Å²) in [5.41, 5.74) is 2.39. The van der Waals surface area contributed by atoms with Crippen molar-refractivity contribution in [1.29, 1.82) is 0 Å². The van der Waals surface area contributed by atoms with Crippen molar-refractivity contribution in [2.75, 3.05) is 14.1 Å². The molecule has 3 aromatic rings. The maximum atomic E-state index is 13.4. The summed E-state index contributed by atoms with van der Waals surface area (Å²) in [7, 11) is -0.534. The summed E-state index contributed by atoms with van der Waals surface area (Å²) in [5, 5.41) is 3.99. The highest BCUT2D eigenvalue weighted by atomic mass is 32.2. The SMILES string of the molecule is CN(C)S(=O)(=O)c1ccc2c(c1)cc(C(=O)NC1CCCCCCC1)n2Cc1ccncc1. The Morgan fingerprint density at radius 2 is 1.70 bits per heavy atom. The zero-order valence-electron chi connectivity index (χ0n) is 19.3. The van der Waals surface area contributed by atoms with Gasteiger partial charge >= 0.3 is 0 Å². The first-order valence-electron chi connectivity index (χ1n) is 11.6. The van der Waals surface area contributed by atoms with Crippen molar-refractivity contribution < 1.29 is 13.2 Å². The smallest absolute Gasteiger partial charge is 0.268 e. The van der Waals surface area contributed by atoms with E-state index in [2.05, 4.69) is 10.3 Å². The molecule has 0 aliphatic heterocycles. The van der Waals surface area contributed by atoms with E-state index in [0.29, 0.717) is 12.2 Å². The van der Waals surface area contributed by atoms with E-state index >= 15 is 0 Å². The van der Waals surface area contributed by atoms with E-state index in [-0.39, 0.29) is 16.8 Å². The van der Waals surface area contributed by atoms with Gasteiger partial charge in [0.05, 0.1) is 4.90 Å². The van der Waals surface area contributed by atoms with Gasteiger partial charge in [0.2, 0.25) is 10.0 Å². The maximum absolute atomic E-state index is 13.4. The van der Waals surface area contributed by atoms with E-state index in [0.717, 1.165) is 42.1 Å². The number of amides is 1. The van der Waals surface area contributed by atoms with Gasteiger partial charge in [-0.05, 0) is 54.8 Å². The molecule has 0 atom stereocenters. The predicted octanol–water partition coefficient (Wildman–Crippen LogP) is 4.18. The molecule has 0 radical (unpaired) electrons. The Morgan fingerprint density at radius 1 is 1.03 bits per heavy atom. The van der Waals surface area contributed by atoms with Gasteiger partial charge in [-0.2, -0.15) is 0 Å². The summed E-state index contributed by atoms with van der Waals surface area (Å²) >= 11 is 0. The molecule has 176 valence electrons. The average Bonchev–Trinajstić information content (AvgIpc) is 3.14. The molecule has 8 heteroatoms. The number of nitrogens with zero attached hydrogens (tertiary/aromatic N) is 3. The topological polar surface area (TPSA) is 84.3 Å². The molecule has 1 saturated carbocycles. The number of nitrogens with one attached hydrogen (secondary N) is 1. The average molecular weight is 469 g/mol. The second-order valence-electron chi connectivity index (χ2n) is 8.99. The number of pyridine rings is 1. The minimum atomic E-state index is -3.57. The fourth-order valence-electron chi connectivity index (χ4n) is 4.51. The highest BCUT2D eigenvalue weighted by Gasteiger charge is 2.22. The van der Waals surface area contributed by atoms with Gasteiger partial charge in [-0.15, -0.1) is 0 Å². The molecule has 1 aromatic carbocycles. The molecule has 1 N–H and O–H groups in total. The fourth-order valence-corrected chi connectivity index (χ4v) is 5.45. The molecular formula is C25H32N4O3S. The normalized spacial score (nSPS) is 16.0. The van der Waals surface area contributed by atoms with Crippen LogP contribution < -0.4 is 5.32 Å². The summed E-state index contributed by atoms with van der Waals surface area (Å²) in [6.45, 7) is 0.499. The van der Waals surface area contributed by atoms with Gasteiger partial charge in [0, 0.05) is 50.0 Å². The largest absolute Gasteiger partial charge is 0.348 e. The van der Waals surface area contributed by atoms with Gasteiger partial charge in [-0.25, -0.2) is 12.7 Å². The van der Waals surface area contributed by atoms with E-state index in [1.807, 2.05) is 22.8 Å². The van der Waals surface area contributed by atoms with Gasteiger partial charge in [0.1, 0.15) is 5.69 Å². The Hall–Kier alpha value is -2.71. The second kappa shape index (κ2) is 10.1. The van der Waals surface area contributed by atoms with Crippen LogP contribution in [0.15, 0.2) is 53.7 Å². The Morgan fingerprint density at radius 3 is 2.36 bits per heavy atom. The fraction of sp³-hybridized carbons (Fsp3) is 0.440. The minimum absolute atomic E-state index is 0.108.